The lowest BCUT2D eigenvalue weighted by Crippen LogP contribution is -2.36. The van der Waals surface area contributed by atoms with Crippen molar-refractivity contribution in [3.05, 3.63) is 66.7 Å². The number of carboxylic acids is 1. The number of H-pyrrole nitrogens is 1. The van der Waals surface area contributed by atoms with Crippen LogP contribution in [0.2, 0.25) is 0 Å². The van der Waals surface area contributed by atoms with Gasteiger partial charge in [-0.15, -0.1) is 0 Å². The number of nitrogens with zero attached hydrogens (tertiary/aromatic N) is 5. The number of anilines is 2. The number of hydrogen-bond acceptors (Lipinski definition) is 9. The van der Waals surface area contributed by atoms with Crippen LogP contribution >= 0.6 is 0 Å². The summed E-state index contributed by atoms with van der Waals surface area (Å²) in [5, 5.41) is 21.8. The highest BCUT2D eigenvalue weighted by atomic mass is 16.5. The summed E-state index contributed by atoms with van der Waals surface area (Å²) in [6.07, 6.45) is 3.71. The van der Waals surface area contributed by atoms with Crippen LogP contribution in [0.4, 0.5) is 11.5 Å². The van der Waals surface area contributed by atoms with Gasteiger partial charge in [0.05, 0.1) is 30.7 Å². The van der Waals surface area contributed by atoms with E-state index in [0.717, 1.165) is 21.9 Å². The molecule has 0 unspecified atom stereocenters. The highest BCUT2D eigenvalue weighted by Gasteiger charge is 2.40. The third-order valence-corrected chi connectivity index (χ3v) is 7.83. The van der Waals surface area contributed by atoms with Gasteiger partial charge in [0.15, 0.2) is 11.4 Å². The van der Waals surface area contributed by atoms with E-state index in [1.807, 2.05) is 42.5 Å². The summed E-state index contributed by atoms with van der Waals surface area (Å²) in [4.78, 5) is 41.0. The number of amides is 1. The molecule has 2 aromatic carbocycles. The van der Waals surface area contributed by atoms with Crippen molar-refractivity contribution in [1.29, 1.82) is 0 Å². The molecule has 0 spiro atoms. The Kier molecular flexibility index (Phi) is 6.38. The number of nitrogens with one attached hydrogen (secondary N) is 2. The van der Waals surface area contributed by atoms with Crippen molar-refractivity contribution < 1.29 is 23.8 Å². The summed E-state index contributed by atoms with van der Waals surface area (Å²) >= 11 is 0. The Bertz CT molecular complexity index is 2030. The number of carboxylic acid groups (broad SMARTS) is 1. The quantitative estimate of drug-likeness (QED) is 0.237. The second-order valence-corrected chi connectivity index (χ2v) is 10.6. The van der Waals surface area contributed by atoms with E-state index in [2.05, 4.69) is 30.5 Å². The predicted octanol–water partition coefficient (Wildman–Crippen LogP) is 4.94. The molecule has 0 bridgehead atoms. The largest absolute Gasteiger partial charge is 0.494 e. The minimum atomic E-state index is -0.986. The molecule has 6 aromatic rings. The van der Waals surface area contributed by atoms with Gasteiger partial charge in [-0.1, -0.05) is 24.3 Å². The zero-order valence-corrected chi connectivity index (χ0v) is 23.4. The molecule has 1 amide bonds. The number of methoxy groups -OCH3 is 1. The van der Waals surface area contributed by atoms with Crippen molar-refractivity contribution in [2.24, 2.45) is 5.92 Å². The lowest BCUT2D eigenvalue weighted by Gasteiger charge is -2.22. The molecular formula is C31H27N7O5. The molecule has 3 N–H and O–H groups in total. The third kappa shape index (κ3) is 4.66. The Morgan fingerprint density at radius 1 is 1.14 bits per heavy atom. The Morgan fingerprint density at radius 3 is 2.84 bits per heavy atom. The number of hydrogen-bond donors (Lipinski definition) is 3. The first-order chi connectivity index (χ1) is 20.9. The Hall–Kier alpha value is -5.52. The number of aromatic nitrogens is 5. The fourth-order valence-electron chi connectivity index (χ4n) is 5.94. The van der Waals surface area contributed by atoms with Crippen LogP contribution < -0.4 is 15.0 Å². The van der Waals surface area contributed by atoms with Crippen LogP contribution in [0.1, 0.15) is 18.7 Å². The standard InChI is InChI=1S/C31H27N7O5/c1-16-34-28-20-6-3-4-9-24(20)43-29(28)30(35-16)38-15-17(10-23(38)31(40)41)11-26(39)36-18-12-25(42-2)27(32-13-18)19-7-5-8-22-21(19)14-33-37-22/h3-9,12-14,17,23H,10-11,15H2,1-2H3,(H,33,37)(H,36,39)(H,40,41)/t17-,23+/m1/s1. The van der Waals surface area contributed by atoms with Crippen LogP contribution in [0, 0.1) is 12.8 Å². The van der Waals surface area contributed by atoms with E-state index in [-0.39, 0.29) is 24.7 Å². The van der Waals surface area contributed by atoms with Crippen molar-refractivity contribution in [2.45, 2.75) is 25.8 Å². The van der Waals surface area contributed by atoms with Gasteiger partial charge in [-0.05, 0) is 37.5 Å². The first-order valence-electron chi connectivity index (χ1n) is 13.8. The van der Waals surface area contributed by atoms with Crippen LogP contribution in [0.3, 0.4) is 0 Å². The first kappa shape index (κ1) is 26.4. The highest BCUT2D eigenvalue weighted by molar-refractivity contribution is 6.06. The number of fused-ring (bicyclic) bond motifs is 4. The monoisotopic (exact) mass is 577 g/mol. The number of ether oxygens (including phenoxy) is 1. The molecule has 216 valence electrons. The van der Waals surface area contributed by atoms with Crippen molar-refractivity contribution in [1.82, 2.24) is 25.1 Å². The lowest BCUT2D eigenvalue weighted by molar-refractivity contribution is -0.138. The number of pyridine rings is 1. The molecule has 0 saturated carbocycles. The molecule has 1 fully saturated rings. The molecule has 5 heterocycles. The Labute approximate surface area is 244 Å². The van der Waals surface area contributed by atoms with Crippen LogP contribution in [0.5, 0.6) is 5.75 Å². The molecule has 1 aliphatic rings. The molecule has 0 aliphatic carbocycles. The fourth-order valence-corrected chi connectivity index (χ4v) is 5.94. The van der Waals surface area contributed by atoms with Crippen molar-refractivity contribution in [2.75, 3.05) is 23.9 Å². The van der Waals surface area contributed by atoms with Crippen LogP contribution in [0.25, 0.3) is 44.2 Å². The maximum absolute atomic E-state index is 13.2. The zero-order valence-electron chi connectivity index (χ0n) is 23.4. The van der Waals surface area contributed by atoms with E-state index in [1.165, 1.54) is 0 Å². The van der Waals surface area contributed by atoms with E-state index in [9.17, 15) is 14.7 Å². The lowest BCUT2D eigenvalue weighted by atomic mass is 10.0. The van der Waals surface area contributed by atoms with Crippen molar-refractivity contribution >= 4 is 56.4 Å². The second-order valence-electron chi connectivity index (χ2n) is 10.6. The minimum Gasteiger partial charge on any atom is -0.494 e. The molecule has 12 heteroatoms. The fraction of sp³-hybridized carbons (Fsp3) is 0.226. The topological polar surface area (TPSA) is 159 Å². The molecule has 7 rings (SSSR count). The SMILES string of the molecule is COc1cc(NC(=O)C[C@H]2C[C@@H](C(=O)O)N(c3nc(C)nc4c3oc3ccccc34)C2)cnc1-c1cccc2[nH]ncc12. The third-order valence-electron chi connectivity index (χ3n) is 7.83. The van der Waals surface area contributed by atoms with E-state index in [0.29, 0.717) is 52.0 Å². The van der Waals surface area contributed by atoms with Crippen LogP contribution in [-0.4, -0.2) is 61.8 Å². The van der Waals surface area contributed by atoms with Gasteiger partial charge in [0.25, 0.3) is 0 Å². The molecule has 0 radical (unpaired) electrons. The van der Waals surface area contributed by atoms with Gasteiger partial charge in [0.2, 0.25) is 5.91 Å². The summed E-state index contributed by atoms with van der Waals surface area (Å²) in [5.74, 6) is -0.0422. The van der Waals surface area contributed by atoms with Crippen molar-refractivity contribution in [3.63, 3.8) is 0 Å². The molecule has 43 heavy (non-hydrogen) atoms. The van der Waals surface area contributed by atoms with Gasteiger partial charge in [0.1, 0.15) is 34.4 Å². The first-order valence-corrected chi connectivity index (χ1v) is 13.8. The minimum absolute atomic E-state index is 0.117. The second kappa shape index (κ2) is 10.4. The number of carbonyl (C=O) groups is 2. The average Bonchev–Trinajstić information content (AvgIpc) is 3.74. The van der Waals surface area contributed by atoms with E-state index >= 15 is 0 Å². The summed E-state index contributed by atoms with van der Waals surface area (Å²) < 4.78 is 11.7. The maximum Gasteiger partial charge on any atom is 0.326 e. The maximum atomic E-state index is 13.2. The van der Waals surface area contributed by atoms with Gasteiger partial charge in [0, 0.05) is 35.4 Å². The normalized spacial score (nSPS) is 16.7. The average molecular weight is 578 g/mol. The Morgan fingerprint density at radius 2 is 2.00 bits per heavy atom. The molecule has 12 nitrogen and oxygen atoms in total. The number of aryl methyl sites for hydroxylation is 1. The Balaban J connectivity index is 1.12. The van der Waals surface area contributed by atoms with E-state index < -0.39 is 12.0 Å². The van der Waals surface area contributed by atoms with Crippen molar-refractivity contribution in [3.8, 4) is 17.0 Å². The molecule has 1 aliphatic heterocycles. The van der Waals surface area contributed by atoms with E-state index in [1.54, 1.807) is 37.4 Å². The smallest absolute Gasteiger partial charge is 0.326 e. The van der Waals surface area contributed by atoms with Gasteiger partial charge in [-0.25, -0.2) is 14.8 Å². The number of para-hydroxylation sites is 1. The number of rotatable bonds is 7. The predicted molar refractivity (Wildman–Crippen MR) is 160 cm³/mol. The summed E-state index contributed by atoms with van der Waals surface area (Å²) in [6, 6.07) is 14.2. The van der Waals surface area contributed by atoms with Gasteiger partial charge >= 0.3 is 5.97 Å². The number of benzene rings is 2. The van der Waals surface area contributed by atoms with Crippen LogP contribution in [0.15, 0.2) is 65.3 Å². The van der Waals surface area contributed by atoms with E-state index in [4.69, 9.17) is 9.15 Å². The van der Waals surface area contributed by atoms with Gasteiger partial charge < -0.3 is 24.5 Å². The number of aliphatic carboxylic acids is 1. The molecular weight excluding hydrogens is 550 g/mol. The van der Waals surface area contributed by atoms with Gasteiger partial charge in [-0.3, -0.25) is 14.9 Å². The highest BCUT2D eigenvalue weighted by Crippen LogP contribution is 2.38. The van der Waals surface area contributed by atoms with Gasteiger partial charge in [-0.2, -0.15) is 5.10 Å². The zero-order chi connectivity index (χ0) is 29.7. The summed E-state index contributed by atoms with van der Waals surface area (Å²) in [6.45, 7) is 2.09. The molecule has 4 aromatic heterocycles. The number of furan rings is 1. The van der Waals surface area contributed by atoms with Crippen LogP contribution in [-0.2, 0) is 9.59 Å². The number of aromatic amines is 1. The molecule has 2 atom stereocenters. The molecule has 1 saturated heterocycles. The summed E-state index contributed by atoms with van der Waals surface area (Å²) in [7, 11) is 1.55. The summed E-state index contributed by atoms with van der Waals surface area (Å²) in [5.41, 5.74) is 4.56. The number of carbonyl (C=O) groups excluding carboxylic acids is 1.